The van der Waals surface area contributed by atoms with E-state index >= 15 is 0 Å². The number of nitrogens with zero attached hydrogens (tertiary/aromatic N) is 5. The van der Waals surface area contributed by atoms with Crippen molar-refractivity contribution in [3.8, 4) is 23.1 Å². The van der Waals surface area contributed by atoms with Gasteiger partial charge in [-0.1, -0.05) is 0 Å². The van der Waals surface area contributed by atoms with Gasteiger partial charge in [-0.25, -0.2) is 9.18 Å². The summed E-state index contributed by atoms with van der Waals surface area (Å²) in [6, 6.07) is 6.92. The molecule has 1 aromatic carbocycles. The maximum atomic E-state index is 13.7. The van der Waals surface area contributed by atoms with Crippen molar-refractivity contribution in [2.24, 2.45) is 7.05 Å². The Balaban J connectivity index is 2.04. The molecule has 0 amide bonds. The van der Waals surface area contributed by atoms with Gasteiger partial charge in [-0.15, -0.1) is 10.2 Å². The molecule has 0 aliphatic heterocycles. The van der Waals surface area contributed by atoms with Crippen LogP contribution in [0.3, 0.4) is 0 Å². The van der Waals surface area contributed by atoms with Gasteiger partial charge in [-0.05, 0) is 32.2 Å². The normalized spacial score (nSPS) is 11.7. The summed E-state index contributed by atoms with van der Waals surface area (Å²) in [7, 11) is 3.39. The van der Waals surface area contributed by atoms with Gasteiger partial charge in [0.25, 0.3) is 0 Å². The number of benzene rings is 1. The maximum absolute atomic E-state index is 13.7. The monoisotopic (exact) mass is 425 g/mol. The largest absolute Gasteiger partial charge is 0.482 e. The smallest absolute Gasteiger partial charge is 0.336 e. The number of carbonyl (C=O) groups is 1. The first kappa shape index (κ1) is 21.7. The van der Waals surface area contributed by atoms with Gasteiger partial charge < -0.3 is 20.9 Å². The number of aromatic nitrogens is 4. The quantitative estimate of drug-likeness (QED) is 0.516. The van der Waals surface area contributed by atoms with Crippen LogP contribution in [0.4, 0.5) is 10.2 Å². The fourth-order valence-electron chi connectivity index (χ4n) is 3.19. The molecule has 11 heteroatoms. The summed E-state index contributed by atoms with van der Waals surface area (Å²) >= 11 is 0. The van der Waals surface area contributed by atoms with Crippen molar-refractivity contribution in [1.82, 2.24) is 25.3 Å². The number of nitrogens with one attached hydrogen (secondary N) is 1. The molecule has 4 N–H and O–H groups in total. The van der Waals surface area contributed by atoms with Crippen LogP contribution >= 0.6 is 0 Å². The molecule has 0 unspecified atom stereocenters. The van der Waals surface area contributed by atoms with Gasteiger partial charge in [0, 0.05) is 25.2 Å². The summed E-state index contributed by atoms with van der Waals surface area (Å²) in [6.45, 7) is 1.95. The van der Waals surface area contributed by atoms with Crippen molar-refractivity contribution in [2.45, 2.75) is 19.6 Å². The molecule has 3 rings (SSSR count). The van der Waals surface area contributed by atoms with E-state index in [0.717, 1.165) is 12.1 Å². The third kappa shape index (κ3) is 4.29. The van der Waals surface area contributed by atoms with Gasteiger partial charge in [0.1, 0.15) is 29.4 Å². The summed E-state index contributed by atoms with van der Waals surface area (Å²) in [5.41, 5.74) is 7.60. The van der Waals surface area contributed by atoms with Crippen LogP contribution in [0.5, 0.6) is 5.75 Å². The maximum Gasteiger partial charge on any atom is 0.336 e. The lowest BCUT2D eigenvalue weighted by Gasteiger charge is -2.18. The van der Waals surface area contributed by atoms with E-state index in [0.29, 0.717) is 23.5 Å². The van der Waals surface area contributed by atoms with Crippen LogP contribution < -0.4 is 15.8 Å². The van der Waals surface area contributed by atoms with Crippen LogP contribution in [0.2, 0.25) is 0 Å². The van der Waals surface area contributed by atoms with E-state index in [1.807, 2.05) is 0 Å². The third-order valence-electron chi connectivity index (χ3n) is 4.60. The first-order valence-electron chi connectivity index (χ1n) is 9.20. The molecule has 0 aliphatic carbocycles. The minimum absolute atomic E-state index is 0.0403. The lowest BCUT2D eigenvalue weighted by atomic mass is 10.0. The molecule has 1 atom stereocenters. The molecular formula is C20H20FN7O3. The Labute approximate surface area is 177 Å². The zero-order chi connectivity index (χ0) is 22.7. The number of nitrogens with two attached hydrogens (primary N) is 1. The van der Waals surface area contributed by atoms with E-state index < -0.39 is 17.9 Å². The third-order valence-corrected chi connectivity index (χ3v) is 4.60. The fourth-order valence-corrected chi connectivity index (χ4v) is 3.19. The number of hydrogen-bond acceptors (Lipinski definition) is 8. The van der Waals surface area contributed by atoms with Crippen molar-refractivity contribution < 1.29 is 19.0 Å². The molecule has 2 heterocycles. The van der Waals surface area contributed by atoms with Crippen LogP contribution in [-0.2, 0) is 13.6 Å². The van der Waals surface area contributed by atoms with E-state index in [2.05, 4.69) is 26.7 Å². The Morgan fingerprint density at radius 3 is 2.81 bits per heavy atom. The molecule has 0 saturated heterocycles. The average molecular weight is 425 g/mol. The van der Waals surface area contributed by atoms with Gasteiger partial charge in [0.15, 0.2) is 11.6 Å². The van der Waals surface area contributed by atoms with Crippen molar-refractivity contribution in [3.05, 3.63) is 52.6 Å². The molecule has 0 saturated carbocycles. The van der Waals surface area contributed by atoms with Crippen molar-refractivity contribution in [3.63, 3.8) is 0 Å². The Kier molecular flexibility index (Phi) is 6.12. The highest BCUT2D eigenvalue weighted by molar-refractivity contribution is 5.89. The molecule has 0 fully saturated rings. The summed E-state index contributed by atoms with van der Waals surface area (Å²) in [5.74, 6) is -1.73. The Morgan fingerprint density at radius 2 is 2.16 bits per heavy atom. The first-order valence-corrected chi connectivity index (χ1v) is 9.20. The van der Waals surface area contributed by atoms with E-state index in [1.54, 1.807) is 21.0 Å². The highest BCUT2D eigenvalue weighted by Gasteiger charge is 2.23. The van der Waals surface area contributed by atoms with Gasteiger partial charge in [0.2, 0.25) is 0 Å². The second kappa shape index (κ2) is 8.76. The molecule has 3 aromatic rings. The highest BCUT2D eigenvalue weighted by Crippen LogP contribution is 2.33. The predicted molar refractivity (Wildman–Crippen MR) is 109 cm³/mol. The average Bonchev–Trinajstić information content (AvgIpc) is 3.04. The molecule has 0 spiro atoms. The summed E-state index contributed by atoms with van der Waals surface area (Å²) in [4.78, 5) is 11.5. The van der Waals surface area contributed by atoms with Crippen molar-refractivity contribution in [2.75, 3.05) is 12.8 Å². The van der Waals surface area contributed by atoms with Gasteiger partial charge in [-0.3, -0.25) is 4.68 Å². The Hall–Kier alpha value is -4.04. The van der Waals surface area contributed by atoms with Gasteiger partial charge >= 0.3 is 5.97 Å². The predicted octanol–water partition coefficient (Wildman–Crippen LogP) is 2.03. The molecule has 0 aliphatic rings. The van der Waals surface area contributed by atoms with Crippen LogP contribution in [-0.4, -0.2) is 38.1 Å². The number of anilines is 1. The number of aromatic carboxylic acids is 1. The van der Waals surface area contributed by atoms with Crippen LogP contribution in [0.25, 0.3) is 11.3 Å². The Bertz CT molecular complexity index is 1190. The molecule has 0 bridgehead atoms. The van der Waals surface area contributed by atoms with Gasteiger partial charge in [-0.2, -0.15) is 10.4 Å². The summed E-state index contributed by atoms with van der Waals surface area (Å²) < 4.78 is 21.0. The number of halogens is 1. The zero-order valence-electron chi connectivity index (χ0n) is 17.0. The number of carboxylic acids is 1. The standard InChI is InChI=1S/C20H20FN7O3/c1-10(13-6-11(21)4-5-12(13)20(29)30)31-17-7-14(25-26-19(17)23)18-15(9-24-2)27-28(3)16(18)8-22/h4-7,10,24H,9H2,1-3H3,(H2,23,26)(H,29,30)/t10-/m1/s1. The van der Waals surface area contributed by atoms with E-state index in [-0.39, 0.29) is 28.4 Å². The second-order valence-corrected chi connectivity index (χ2v) is 6.71. The molecule has 10 nitrogen and oxygen atoms in total. The molecule has 0 radical (unpaired) electrons. The molecule has 160 valence electrons. The minimum Gasteiger partial charge on any atom is -0.482 e. The number of rotatable bonds is 7. The minimum atomic E-state index is -1.21. The highest BCUT2D eigenvalue weighted by atomic mass is 19.1. The van der Waals surface area contributed by atoms with Crippen LogP contribution in [0, 0.1) is 17.1 Å². The SMILES string of the molecule is CNCc1nn(C)c(C#N)c1-c1cc(O[C@H](C)c2cc(F)ccc2C(=O)O)c(N)nn1. The lowest BCUT2D eigenvalue weighted by molar-refractivity contribution is 0.0691. The topological polar surface area (TPSA) is 152 Å². The van der Waals surface area contributed by atoms with Gasteiger partial charge in [0.05, 0.1) is 16.8 Å². The lowest BCUT2D eigenvalue weighted by Crippen LogP contribution is -2.12. The molecule has 2 aromatic heterocycles. The van der Waals surface area contributed by atoms with E-state index in [9.17, 15) is 19.6 Å². The van der Waals surface area contributed by atoms with E-state index in [4.69, 9.17) is 10.5 Å². The summed E-state index contributed by atoms with van der Waals surface area (Å²) in [5, 5.41) is 34.2. The summed E-state index contributed by atoms with van der Waals surface area (Å²) in [6.07, 6.45) is -0.859. The number of nitrogen functional groups attached to an aromatic ring is 1. The molecule has 31 heavy (non-hydrogen) atoms. The number of nitriles is 1. The van der Waals surface area contributed by atoms with Crippen LogP contribution in [0.1, 0.15) is 40.3 Å². The first-order chi connectivity index (χ1) is 14.8. The number of aryl methyl sites for hydroxylation is 1. The fraction of sp³-hybridized carbons (Fsp3) is 0.250. The van der Waals surface area contributed by atoms with Crippen LogP contribution in [0.15, 0.2) is 24.3 Å². The number of ether oxygens (including phenoxy) is 1. The molecular weight excluding hydrogens is 405 g/mol. The van der Waals surface area contributed by atoms with Crippen molar-refractivity contribution in [1.29, 1.82) is 5.26 Å². The number of hydrogen-bond donors (Lipinski definition) is 3. The van der Waals surface area contributed by atoms with Crippen molar-refractivity contribution >= 4 is 11.8 Å². The second-order valence-electron chi connectivity index (χ2n) is 6.71. The Morgan fingerprint density at radius 1 is 1.42 bits per heavy atom. The zero-order valence-corrected chi connectivity index (χ0v) is 17.0. The number of carboxylic acid groups (broad SMARTS) is 1. The van der Waals surface area contributed by atoms with E-state index in [1.165, 1.54) is 16.8 Å².